The van der Waals surface area contributed by atoms with Crippen LogP contribution in [0.4, 0.5) is 0 Å². The van der Waals surface area contributed by atoms with Crippen molar-refractivity contribution in [2.75, 3.05) is 13.2 Å². The van der Waals surface area contributed by atoms with Crippen LogP contribution in [-0.4, -0.2) is 25.2 Å². The Kier molecular flexibility index (Phi) is 12.8. The summed E-state index contributed by atoms with van der Waals surface area (Å²) in [5.74, 6) is -1.16. The molecule has 0 amide bonds. The third kappa shape index (κ3) is 8.40. The second-order valence-corrected chi connectivity index (χ2v) is 4.19. The van der Waals surface area contributed by atoms with Crippen LogP contribution in [0.25, 0.3) is 0 Å². The molecule has 0 bridgehead atoms. The maximum atomic E-state index is 11.6. The van der Waals surface area contributed by atoms with E-state index in [1.165, 1.54) is 0 Å². The molecule has 0 saturated carbocycles. The molecule has 18 heavy (non-hydrogen) atoms. The predicted octanol–water partition coefficient (Wildman–Crippen LogP) is 2.34. The number of esters is 2. The number of hydrogen-bond acceptors (Lipinski definition) is 4. The van der Waals surface area contributed by atoms with Crippen molar-refractivity contribution in [3.8, 4) is 0 Å². The van der Waals surface area contributed by atoms with E-state index in [4.69, 9.17) is 9.47 Å². The average Bonchev–Trinajstić information content (AvgIpc) is 2.13. The second kappa shape index (κ2) is 10.2. The molecule has 0 heterocycles. The van der Waals surface area contributed by atoms with Crippen LogP contribution < -0.4 is 0 Å². The van der Waals surface area contributed by atoms with E-state index in [9.17, 15) is 9.59 Å². The zero-order valence-corrected chi connectivity index (χ0v) is 15.2. The topological polar surface area (TPSA) is 52.6 Å². The van der Waals surface area contributed by atoms with Crippen molar-refractivity contribution in [2.24, 2.45) is 5.41 Å². The number of hydrogen-bond donors (Lipinski definition) is 0. The van der Waals surface area contributed by atoms with Crippen molar-refractivity contribution in [1.29, 1.82) is 0 Å². The zero-order chi connectivity index (χ0) is 12.8. The fraction of sp³-hybridized carbons (Fsp3) is 0.615. The Morgan fingerprint density at radius 1 is 1.06 bits per heavy atom. The molecule has 0 aliphatic carbocycles. The fourth-order valence-electron chi connectivity index (χ4n) is 1.02. The van der Waals surface area contributed by atoms with Crippen LogP contribution in [0.3, 0.4) is 0 Å². The van der Waals surface area contributed by atoms with Gasteiger partial charge >= 0.3 is 19.5 Å². The van der Waals surface area contributed by atoms with Crippen LogP contribution in [0.15, 0.2) is 5.57 Å². The van der Waals surface area contributed by atoms with Gasteiger partial charge in [-0.05, 0) is 19.3 Å². The molecule has 5 heteroatoms. The third-order valence-corrected chi connectivity index (χ3v) is 1.73. The quantitative estimate of drug-likeness (QED) is 0.346. The Morgan fingerprint density at radius 3 is 1.83 bits per heavy atom. The Morgan fingerprint density at radius 2 is 1.50 bits per heavy atom. The van der Waals surface area contributed by atoms with E-state index in [2.05, 4.69) is 6.08 Å². The third-order valence-electron chi connectivity index (χ3n) is 1.73. The molecular weight excluding hydrogens is 286 g/mol. The van der Waals surface area contributed by atoms with Crippen LogP contribution >= 0.6 is 0 Å². The molecule has 0 unspecified atom stereocenters. The second-order valence-electron chi connectivity index (χ2n) is 4.19. The summed E-state index contributed by atoms with van der Waals surface area (Å²) in [5.41, 5.74) is -0.299. The van der Waals surface area contributed by atoms with Crippen molar-refractivity contribution in [1.82, 2.24) is 0 Å². The molecular formula is C13H22O4Zn. The molecule has 0 saturated heterocycles. The molecule has 4 nitrogen and oxygen atoms in total. The summed E-state index contributed by atoms with van der Waals surface area (Å²) in [7, 11) is 0. The first-order valence-electron chi connectivity index (χ1n) is 5.31. The van der Waals surface area contributed by atoms with Crippen LogP contribution in [0.1, 0.15) is 34.6 Å². The summed E-state index contributed by atoms with van der Waals surface area (Å²) in [6.07, 6.45) is 2.42. The number of carbonyl (C=O) groups excluding carboxylic acids is 2. The van der Waals surface area contributed by atoms with E-state index in [0.29, 0.717) is 0 Å². The van der Waals surface area contributed by atoms with Crippen LogP contribution in [0, 0.1) is 18.9 Å². The maximum Gasteiger partial charge on any atom is 2.00 e. The maximum absolute atomic E-state index is 11.6. The molecule has 0 radical (unpaired) electrons. The van der Waals surface area contributed by atoms with Gasteiger partial charge in [-0.15, -0.1) is 11.6 Å². The van der Waals surface area contributed by atoms with E-state index in [1.807, 2.05) is 20.8 Å². The van der Waals surface area contributed by atoms with E-state index < -0.39 is 17.4 Å². The van der Waals surface area contributed by atoms with Gasteiger partial charge in [0, 0.05) is 0 Å². The minimum Gasteiger partial charge on any atom is -0.547 e. The minimum atomic E-state index is -0.638. The summed E-state index contributed by atoms with van der Waals surface area (Å²) in [4.78, 5) is 22.8. The van der Waals surface area contributed by atoms with Gasteiger partial charge in [0.05, 0.1) is 13.2 Å². The van der Waals surface area contributed by atoms with Gasteiger partial charge in [0.2, 0.25) is 5.97 Å². The first-order chi connectivity index (χ1) is 7.32. The molecule has 0 aromatic heterocycles. The Balaban J connectivity index is -0.00000112. The van der Waals surface area contributed by atoms with Crippen LogP contribution in [-0.2, 0) is 38.5 Å². The zero-order valence-electron chi connectivity index (χ0n) is 12.3. The standard InChI is InChI=1S/C12H19O4.CH3.Zn/c1-6-15-10(13)8-9(12(3,4)5)11(14)16-7-2;;/h6-7H2,1-5H3;1H3;/q2*-1;+2. The van der Waals surface area contributed by atoms with Crippen molar-refractivity contribution in [3.05, 3.63) is 19.1 Å². The first kappa shape index (κ1) is 22.5. The van der Waals surface area contributed by atoms with Gasteiger partial charge < -0.3 is 21.7 Å². The number of carbonyl (C=O) groups is 2. The Labute approximate surface area is 123 Å². The smallest absolute Gasteiger partial charge is 0.547 e. The van der Waals surface area contributed by atoms with Crippen molar-refractivity contribution in [2.45, 2.75) is 34.6 Å². The predicted molar refractivity (Wildman–Crippen MR) is 65.9 cm³/mol. The number of rotatable bonds is 4. The van der Waals surface area contributed by atoms with Gasteiger partial charge in [0.15, 0.2) is 5.97 Å². The van der Waals surface area contributed by atoms with E-state index >= 15 is 0 Å². The van der Waals surface area contributed by atoms with E-state index in [0.717, 1.165) is 0 Å². The van der Waals surface area contributed by atoms with E-state index in [-0.39, 0.29) is 45.7 Å². The Hall–Kier alpha value is -0.697. The molecule has 100 valence electrons. The summed E-state index contributed by atoms with van der Waals surface area (Å²) >= 11 is 0. The largest absolute Gasteiger partial charge is 2.00 e. The van der Waals surface area contributed by atoms with Crippen molar-refractivity contribution >= 4 is 11.9 Å². The molecule has 0 spiro atoms. The molecule has 0 aliphatic rings. The van der Waals surface area contributed by atoms with E-state index in [1.54, 1.807) is 13.8 Å². The summed E-state index contributed by atoms with van der Waals surface area (Å²) < 4.78 is 9.58. The van der Waals surface area contributed by atoms with Gasteiger partial charge in [-0.1, -0.05) is 20.8 Å². The Bertz CT molecular complexity index is 290. The molecule has 0 rings (SSSR count). The van der Waals surface area contributed by atoms with Gasteiger partial charge in [-0.25, -0.2) is 0 Å². The van der Waals surface area contributed by atoms with Crippen molar-refractivity contribution in [3.63, 3.8) is 0 Å². The SMILES string of the molecule is CCOC(=O)[C-]=C(C(=O)OCC)C(C)(C)C.[CH3-].[Zn+2]. The minimum absolute atomic E-state index is 0. The molecule has 0 N–H and O–H groups in total. The average molecular weight is 308 g/mol. The molecule has 0 aliphatic heterocycles. The van der Waals surface area contributed by atoms with Crippen molar-refractivity contribution < 1.29 is 38.5 Å². The normalized spacial score (nSPS) is 10.8. The molecule has 0 fully saturated rings. The summed E-state index contributed by atoms with van der Waals surface area (Å²) in [6, 6.07) is 0. The van der Waals surface area contributed by atoms with Gasteiger partial charge in [0.25, 0.3) is 0 Å². The molecule has 0 aromatic carbocycles. The van der Waals surface area contributed by atoms with Gasteiger partial charge in [-0.3, -0.25) is 4.79 Å². The van der Waals surface area contributed by atoms with Crippen LogP contribution in [0.2, 0.25) is 0 Å². The fourth-order valence-corrected chi connectivity index (χ4v) is 1.02. The monoisotopic (exact) mass is 306 g/mol. The van der Waals surface area contributed by atoms with Crippen LogP contribution in [0.5, 0.6) is 0 Å². The van der Waals surface area contributed by atoms with Gasteiger partial charge in [-0.2, -0.15) is 0 Å². The molecule has 0 atom stereocenters. The number of ether oxygens (including phenoxy) is 2. The summed E-state index contributed by atoms with van der Waals surface area (Å²) in [5, 5.41) is 0. The summed E-state index contributed by atoms with van der Waals surface area (Å²) in [6.45, 7) is 9.36. The first-order valence-corrected chi connectivity index (χ1v) is 5.31. The molecule has 0 aromatic rings. The van der Waals surface area contributed by atoms with Gasteiger partial charge in [0.1, 0.15) is 0 Å².